The molecule has 0 bridgehead atoms. The predicted octanol–water partition coefficient (Wildman–Crippen LogP) is 2.58. The average molecular weight is 355 g/mol. The molecule has 0 amide bonds. The minimum absolute atomic E-state index is 0.120. The van der Waals surface area contributed by atoms with Crippen molar-refractivity contribution in [2.45, 2.75) is 32.2 Å². The Morgan fingerprint density at radius 2 is 2.12 bits per heavy atom. The van der Waals surface area contributed by atoms with E-state index in [1.165, 1.54) is 5.56 Å². The van der Waals surface area contributed by atoms with Gasteiger partial charge in [0.15, 0.2) is 0 Å². The van der Waals surface area contributed by atoms with Crippen molar-refractivity contribution in [3.05, 3.63) is 29.8 Å². The molecule has 2 aliphatic rings. The molecular formula is C20H25N3O3. The van der Waals surface area contributed by atoms with Crippen LogP contribution in [0.4, 0.5) is 5.82 Å². The largest absolute Gasteiger partial charge is 0.497 e. The van der Waals surface area contributed by atoms with Crippen LogP contribution < -0.4 is 15.0 Å². The molecule has 2 saturated heterocycles. The van der Waals surface area contributed by atoms with Crippen LogP contribution in [0.3, 0.4) is 0 Å². The number of piperidine rings is 1. The maximum absolute atomic E-state index is 11.2. The molecule has 0 saturated carbocycles. The molecule has 6 nitrogen and oxygen atoms in total. The highest BCUT2D eigenvalue weighted by molar-refractivity contribution is 5.85. The Bertz CT molecular complexity index is 844. The molecule has 2 fully saturated rings. The van der Waals surface area contributed by atoms with Crippen LogP contribution in [0.2, 0.25) is 0 Å². The SMILES string of the molecule is COc1ccc2c(C)cc(N3CCC4(CC3)CNC(C(=O)O)C4)nc2c1. The molecule has 2 aliphatic heterocycles. The van der Waals surface area contributed by atoms with Crippen molar-refractivity contribution in [1.29, 1.82) is 0 Å². The number of nitrogens with one attached hydrogen (secondary N) is 1. The zero-order chi connectivity index (χ0) is 18.3. The van der Waals surface area contributed by atoms with Crippen molar-refractivity contribution in [3.8, 4) is 5.75 Å². The van der Waals surface area contributed by atoms with Crippen molar-refractivity contribution in [2.75, 3.05) is 31.6 Å². The highest BCUT2D eigenvalue weighted by Crippen LogP contribution is 2.40. The fourth-order valence-electron chi connectivity index (χ4n) is 4.34. The zero-order valence-corrected chi connectivity index (χ0v) is 15.3. The summed E-state index contributed by atoms with van der Waals surface area (Å²) in [5, 5.41) is 13.6. The molecule has 2 N–H and O–H groups in total. The number of anilines is 1. The molecule has 26 heavy (non-hydrogen) atoms. The Morgan fingerprint density at radius 1 is 1.35 bits per heavy atom. The third-order valence-electron chi connectivity index (χ3n) is 6.02. The van der Waals surface area contributed by atoms with Gasteiger partial charge in [-0.2, -0.15) is 0 Å². The topological polar surface area (TPSA) is 74.7 Å². The number of methoxy groups -OCH3 is 1. The smallest absolute Gasteiger partial charge is 0.320 e. The number of aryl methyl sites for hydroxylation is 1. The van der Waals surface area contributed by atoms with Gasteiger partial charge in [0, 0.05) is 31.1 Å². The van der Waals surface area contributed by atoms with Gasteiger partial charge in [0.05, 0.1) is 12.6 Å². The Labute approximate surface area is 153 Å². The third kappa shape index (κ3) is 2.98. The highest BCUT2D eigenvalue weighted by atomic mass is 16.5. The van der Waals surface area contributed by atoms with Crippen molar-refractivity contribution < 1.29 is 14.6 Å². The molecule has 1 unspecified atom stereocenters. The van der Waals surface area contributed by atoms with E-state index in [4.69, 9.17) is 9.72 Å². The Balaban J connectivity index is 1.53. The zero-order valence-electron chi connectivity index (χ0n) is 15.3. The normalized spacial score (nSPS) is 22.1. The van der Waals surface area contributed by atoms with Crippen molar-refractivity contribution in [3.63, 3.8) is 0 Å². The number of fused-ring (bicyclic) bond motifs is 1. The molecule has 2 aromatic rings. The second-order valence-corrected chi connectivity index (χ2v) is 7.64. The van der Waals surface area contributed by atoms with Gasteiger partial charge >= 0.3 is 5.97 Å². The molecular weight excluding hydrogens is 330 g/mol. The van der Waals surface area contributed by atoms with E-state index >= 15 is 0 Å². The number of hydrogen-bond donors (Lipinski definition) is 2. The standard InChI is InChI=1S/C20H25N3O3/c1-13-9-18(22-16-10-14(26-2)3-4-15(13)16)23-7-5-20(6-8-23)11-17(19(24)25)21-12-20/h3-4,9-10,17,21H,5-8,11-12H2,1-2H3,(H,24,25). The van der Waals surface area contributed by atoms with Gasteiger partial charge in [0.1, 0.15) is 17.6 Å². The fraction of sp³-hybridized carbons (Fsp3) is 0.500. The van der Waals surface area contributed by atoms with Crippen LogP contribution in [-0.2, 0) is 4.79 Å². The summed E-state index contributed by atoms with van der Waals surface area (Å²) in [6.07, 6.45) is 2.73. The van der Waals surface area contributed by atoms with Crippen LogP contribution in [0.1, 0.15) is 24.8 Å². The van der Waals surface area contributed by atoms with E-state index in [0.717, 1.165) is 61.4 Å². The lowest BCUT2D eigenvalue weighted by Crippen LogP contribution is -2.41. The number of pyridine rings is 1. The second-order valence-electron chi connectivity index (χ2n) is 7.64. The second kappa shape index (κ2) is 6.43. The van der Waals surface area contributed by atoms with Crippen LogP contribution in [0, 0.1) is 12.3 Å². The number of aliphatic carboxylic acids is 1. The lowest BCUT2D eigenvalue weighted by molar-refractivity contribution is -0.139. The molecule has 1 aromatic heterocycles. The first-order valence-electron chi connectivity index (χ1n) is 9.16. The summed E-state index contributed by atoms with van der Waals surface area (Å²) in [5.74, 6) is 1.08. The first-order valence-corrected chi connectivity index (χ1v) is 9.16. The number of aromatic nitrogens is 1. The van der Waals surface area contributed by atoms with Crippen LogP contribution in [0.15, 0.2) is 24.3 Å². The summed E-state index contributed by atoms with van der Waals surface area (Å²) in [6, 6.07) is 7.76. The molecule has 1 atom stereocenters. The summed E-state index contributed by atoms with van der Waals surface area (Å²) in [6.45, 7) is 4.74. The minimum atomic E-state index is -0.731. The molecule has 0 aliphatic carbocycles. The number of carboxylic acids is 1. The van der Waals surface area contributed by atoms with Crippen molar-refractivity contribution >= 4 is 22.7 Å². The number of carboxylic acid groups (broad SMARTS) is 1. The quantitative estimate of drug-likeness (QED) is 0.881. The van der Waals surface area contributed by atoms with E-state index < -0.39 is 12.0 Å². The Hall–Kier alpha value is -2.34. The van der Waals surface area contributed by atoms with Crippen molar-refractivity contribution in [1.82, 2.24) is 10.3 Å². The van der Waals surface area contributed by atoms with Crippen LogP contribution in [0.5, 0.6) is 5.75 Å². The summed E-state index contributed by atoms with van der Waals surface area (Å²) < 4.78 is 5.33. The number of nitrogens with zero attached hydrogens (tertiary/aromatic N) is 2. The third-order valence-corrected chi connectivity index (χ3v) is 6.02. The van der Waals surface area contributed by atoms with E-state index in [2.05, 4.69) is 29.3 Å². The van der Waals surface area contributed by atoms with Gasteiger partial charge in [-0.25, -0.2) is 4.98 Å². The average Bonchev–Trinajstić information content (AvgIpc) is 3.06. The monoisotopic (exact) mass is 355 g/mol. The number of ether oxygens (including phenoxy) is 1. The molecule has 6 heteroatoms. The Kier molecular flexibility index (Phi) is 4.23. The number of rotatable bonds is 3. The summed E-state index contributed by atoms with van der Waals surface area (Å²) in [5.41, 5.74) is 2.28. The van der Waals surface area contributed by atoms with Crippen molar-refractivity contribution in [2.24, 2.45) is 5.41 Å². The maximum atomic E-state index is 11.2. The highest BCUT2D eigenvalue weighted by Gasteiger charge is 2.43. The van der Waals surface area contributed by atoms with Gasteiger partial charge < -0.3 is 20.1 Å². The first-order chi connectivity index (χ1) is 12.5. The molecule has 1 aromatic carbocycles. The Morgan fingerprint density at radius 3 is 2.77 bits per heavy atom. The van der Waals surface area contributed by atoms with Gasteiger partial charge in [0.25, 0.3) is 0 Å². The van der Waals surface area contributed by atoms with E-state index in [1.807, 2.05) is 12.1 Å². The van der Waals surface area contributed by atoms with Gasteiger partial charge in [-0.15, -0.1) is 0 Å². The molecule has 138 valence electrons. The lowest BCUT2D eigenvalue weighted by Gasteiger charge is -2.39. The molecule has 0 radical (unpaired) electrons. The van der Waals surface area contributed by atoms with Gasteiger partial charge in [-0.3, -0.25) is 4.79 Å². The van der Waals surface area contributed by atoms with Crippen LogP contribution >= 0.6 is 0 Å². The number of hydrogen-bond acceptors (Lipinski definition) is 5. The van der Waals surface area contributed by atoms with E-state index in [-0.39, 0.29) is 5.41 Å². The first kappa shape index (κ1) is 17.1. The van der Waals surface area contributed by atoms with E-state index in [9.17, 15) is 9.90 Å². The van der Waals surface area contributed by atoms with Gasteiger partial charge in [-0.05, 0) is 55.4 Å². The number of carbonyl (C=O) groups is 1. The molecule has 4 rings (SSSR count). The summed E-state index contributed by atoms with van der Waals surface area (Å²) in [4.78, 5) is 18.4. The van der Waals surface area contributed by atoms with E-state index in [0.29, 0.717) is 0 Å². The van der Waals surface area contributed by atoms with Crippen LogP contribution in [0.25, 0.3) is 10.9 Å². The summed E-state index contributed by atoms with van der Waals surface area (Å²) in [7, 11) is 1.67. The van der Waals surface area contributed by atoms with Gasteiger partial charge in [-0.1, -0.05) is 0 Å². The van der Waals surface area contributed by atoms with E-state index in [1.54, 1.807) is 7.11 Å². The molecule has 3 heterocycles. The van der Waals surface area contributed by atoms with Crippen LogP contribution in [-0.4, -0.2) is 48.8 Å². The fourth-order valence-corrected chi connectivity index (χ4v) is 4.34. The molecule has 1 spiro atoms. The predicted molar refractivity (Wildman–Crippen MR) is 101 cm³/mol. The minimum Gasteiger partial charge on any atom is -0.497 e. The maximum Gasteiger partial charge on any atom is 0.320 e. The summed E-state index contributed by atoms with van der Waals surface area (Å²) >= 11 is 0. The lowest BCUT2D eigenvalue weighted by atomic mass is 9.76. The number of benzene rings is 1. The van der Waals surface area contributed by atoms with Gasteiger partial charge in [0.2, 0.25) is 0 Å².